The molecule has 9 heteroatoms. The van der Waals surface area contributed by atoms with Gasteiger partial charge in [-0.05, 0) is 48.6 Å². The lowest BCUT2D eigenvalue weighted by atomic mass is 9.98. The minimum atomic E-state index is -1.36. The summed E-state index contributed by atoms with van der Waals surface area (Å²) in [5.74, 6) is -2.29. The van der Waals surface area contributed by atoms with Crippen molar-refractivity contribution < 1.29 is 33.4 Å². The van der Waals surface area contributed by atoms with Crippen LogP contribution >= 0.6 is 0 Å². The number of methoxy groups -OCH3 is 1. The molecule has 2 unspecified atom stereocenters. The molecule has 1 aliphatic rings. The van der Waals surface area contributed by atoms with Gasteiger partial charge in [0, 0.05) is 12.3 Å². The van der Waals surface area contributed by atoms with Crippen molar-refractivity contribution in [2.24, 2.45) is 0 Å². The summed E-state index contributed by atoms with van der Waals surface area (Å²) >= 11 is 0. The molecule has 220 valence electrons. The first kappa shape index (κ1) is 30.3. The van der Waals surface area contributed by atoms with E-state index in [0.29, 0.717) is 0 Å². The molecule has 0 fully saturated rings. The summed E-state index contributed by atoms with van der Waals surface area (Å²) in [4.78, 5) is 51.6. The van der Waals surface area contributed by atoms with Gasteiger partial charge in [-0.3, -0.25) is 9.59 Å². The fourth-order valence-electron chi connectivity index (χ4n) is 5.00. The van der Waals surface area contributed by atoms with Gasteiger partial charge >= 0.3 is 18.0 Å². The summed E-state index contributed by atoms with van der Waals surface area (Å²) < 4.78 is 15.9. The Morgan fingerprint density at radius 3 is 1.93 bits per heavy atom. The Kier molecular flexibility index (Phi) is 9.62. The van der Waals surface area contributed by atoms with Crippen LogP contribution in [0.4, 0.5) is 4.79 Å². The standard InChI is InChI=1S/C33H36N2O7/c1-33(2,3)42-29(36)19-27(30(37)34-28(31(38)40-4)18-21-12-6-5-7-13-21)35-32(39)41-20-26-24-16-10-8-14-22(24)23-15-9-11-17-25(23)26/h5-17,26-28H,18-20H2,1-4H3,(H,34,37)(H,35,39). The van der Waals surface area contributed by atoms with Crippen LogP contribution in [-0.2, 0) is 35.0 Å². The van der Waals surface area contributed by atoms with E-state index in [1.807, 2.05) is 78.9 Å². The van der Waals surface area contributed by atoms with Crippen LogP contribution in [0.2, 0.25) is 0 Å². The first-order chi connectivity index (χ1) is 20.1. The number of amides is 2. The Morgan fingerprint density at radius 1 is 0.786 bits per heavy atom. The third-order valence-electron chi connectivity index (χ3n) is 6.83. The molecule has 2 atom stereocenters. The number of alkyl carbamates (subject to hydrolysis) is 1. The highest BCUT2D eigenvalue weighted by atomic mass is 16.6. The summed E-state index contributed by atoms with van der Waals surface area (Å²) in [5, 5.41) is 5.13. The van der Waals surface area contributed by atoms with E-state index in [1.165, 1.54) is 7.11 Å². The van der Waals surface area contributed by atoms with Crippen LogP contribution in [0, 0.1) is 0 Å². The van der Waals surface area contributed by atoms with E-state index in [1.54, 1.807) is 20.8 Å². The highest BCUT2D eigenvalue weighted by Crippen LogP contribution is 2.44. The number of hydrogen-bond acceptors (Lipinski definition) is 7. The van der Waals surface area contributed by atoms with Crippen molar-refractivity contribution in [1.82, 2.24) is 10.6 Å². The van der Waals surface area contributed by atoms with Crippen LogP contribution in [0.25, 0.3) is 11.1 Å². The topological polar surface area (TPSA) is 120 Å². The maximum absolute atomic E-state index is 13.4. The Hall–Kier alpha value is -4.66. The van der Waals surface area contributed by atoms with Crippen molar-refractivity contribution in [3.05, 3.63) is 95.6 Å². The number of benzene rings is 3. The second-order valence-electron chi connectivity index (χ2n) is 11.1. The molecule has 4 rings (SSSR count). The first-order valence-electron chi connectivity index (χ1n) is 13.8. The Morgan fingerprint density at radius 2 is 1.36 bits per heavy atom. The molecule has 3 aromatic rings. The smallest absolute Gasteiger partial charge is 0.407 e. The fraction of sp³-hybridized carbons (Fsp3) is 0.333. The first-order valence-corrected chi connectivity index (χ1v) is 13.8. The summed E-state index contributed by atoms with van der Waals surface area (Å²) in [7, 11) is 1.22. The van der Waals surface area contributed by atoms with Crippen molar-refractivity contribution in [3.8, 4) is 11.1 Å². The zero-order valence-electron chi connectivity index (χ0n) is 24.2. The van der Waals surface area contributed by atoms with Gasteiger partial charge in [-0.15, -0.1) is 0 Å². The molecule has 0 heterocycles. The quantitative estimate of drug-likeness (QED) is 0.271. The molecular weight excluding hydrogens is 536 g/mol. The molecule has 0 aromatic heterocycles. The van der Waals surface area contributed by atoms with Gasteiger partial charge in [-0.1, -0.05) is 78.9 Å². The predicted molar refractivity (Wildman–Crippen MR) is 157 cm³/mol. The molecule has 0 saturated carbocycles. The highest BCUT2D eigenvalue weighted by Gasteiger charge is 2.33. The number of nitrogens with one attached hydrogen (secondary N) is 2. The van der Waals surface area contributed by atoms with Gasteiger partial charge < -0.3 is 24.8 Å². The van der Waals surface area contributed by atoms with Gasteiger partial charge in [0.2, 0.25) is 5.91 Å². The Balaban J connectivity index is 1.47. The molecule has 1 aliphatic carbocycles. The van der Waals surface area contributed by atoms with Crippen LogP contribution < -0.4 is 10.6 Å². The van der Waals surface area contributed by atoms with Gasteiger partial charge in [-0.25, -0.2) is 9.59 Å². The number of fused-ring (bicyclic) bond motifs is 3. The van der Waals surface area contributed by atoms with Crippen LogP contribution in [-0.4, -0.2) is 55.3 Å². The van der Waals surface area contributed by atoms with E-state index in [2.05, 4.69) is 10.6 Å². The molecule has 0 spiro atoms. The minimum Gasteiger partial charge on any atom is -0.467 e. The van der Waals surface area contributed by atoms with Gasteiger partial charge in [0.15, 0.2) is 0 Å². The van der Waals surface area contributed by atoms with Crippen LogP contribution in [0.15, 0.2) is 78.9 Å². The average Bonchev–Trinajstić information content (AvgIpc) is 3.28. The number of hydrogen-bond donors (Lipinski definition) is 2. The average molecular weight is 573 g/mol. The van der Waals surface area contributed by atoms with Crippen LogP contribution in [0.3, 0.4) is 0 Å². The minimum absolute atomic E-state index is 0.0272. The lowest BCUT2D eigenvalue weighted by Gasteiger charge is -2.24. The molecule has 0 bridgehead atoms. The second kappa shape index (κ2) is 13.3. The summed E-state index contributed by atoms with van der Waals surface area (Å²) in [6.07, 6.45) is -1.19. The lowest BCUT2D eigenvalue weighted by Crippen LogP contribution is -2.53. The zero-order valence-corrected chi connectivity index (χ0v) is 24.2. The van der Waals surface area contributed by atoms with Crippen LogP contribution in [0.1, 0.15) is 49.8 Å². The van der Waals surface area contributed by atoms with E-state index < -0.39 is 48.0 Å². The number of esters is 2. The summed E-state index contributed by atoms with van der Waals surface area (Å²) in [6.45, 7) is 5.13. The number of rotatable bonds is 10. The largest absolute Gasteiger partial charge is 0.467 e. The van der Waals surface area contributed by atoms with Gasteiger partial charge in [0.25, 0.3) is 0 Å². The third-order valence-corrected chi connectivity index (χ3v) is 6.83. The van der Waals surface area contributed by atoms with E-state index in [4.69, 9.17) is 14.2 Å². The summed E-state index contributed by atoms with van der Waals surface area (Å²) in [6, 6.07) is 22.5. The maximum Gasteiger partial charge on any atom is 0.407 e. The van der Waals surface area contributed by atoms with Crippen molar-refractivity contribution in [2.45, 2.75) is 57.2 Å². The molecule has 9 nitrogen and oxygen atoms in total. The molecule has 2 amide bonds. The number of carbonyl (C=O) groups is 4. The van der Waals surface area contributed by atoms with Crippen molar-refractivity contribution >= 4 is 23.9 Å². The molecule has 0 aliphatic heterocycles. The zero-order chi connectivity index (χ0) is 30.3. The third kappa shape index (κ3) is 7.75. The molecule has 3 aromatic carbocycles. The van der Waals surface area contributed by atoms with Crippen molar-refractivity contribution in [1.29, 1.82) is 0 Å². The maximum atomic E-state index is 13.4. The molecule has 2 N–H and O–H groups in total. The fourth-order valence-corrected chi connectivity index (χ4v) is 5.00. The van der Waals surface area contributed by atoms with Crippen molar-refractivity contribution in [3.63, 3.8) is 0 Å². The van der Waals surface area contributed by atoms with Gasteiger partial charge in [0.1, 0.15) is 24.3 Å². The summed E-state index contributed by atoms with van der Waals surface area (Å²) in [5.41, 5.74) is 4.23. The molecule has 42 heavy (non-hydrogen) atoms. The monoisotopic (exact) mass is 572 g/mol. The SMILES string of the molecule is COC(=O)C(Cc1ccccc1)NC(=O)C(CC(=O)OC(C)(C)C)NC(=O)OCC1c2ccccc2-c2ccccc21. The number of carbonyl (C=O) groups excluding carboxylic acids is 4. The predicted octanol–water partition coefficient (Wildman–Crippen LogP) is 4.53. The lowest BCUT2D eigenvalue weighted by molar-refractivity contribution is -0.156. The number of ether oxygens (including phenoxy) is 3. The normalized spacial score (nSPS) is 13.6. The van der Waals surface area contributed by atoms with Gasteiger partial charge in [-0.2, -0.15) is 0 Å². The van der Waals surface area contributed by atoms with E-state index in [0.717, 1.165) is 27.8 Å². The molecule has 0 radical (unpaired) electrons. The highest BCUT2D eigenvalue weighted by molar-refractivity contribution is 5.92. The Bertz CT molecular complexity index is 1390. The van der Waals surface area contributed by atoms with E-state index in [-0.39, 0.29) is 18.9 Å². The van der Waals surface area contributed by atoms with Crippen LogP contribution in [0.5, 0.6) is 0 Å². The van der Waals surface area contributed by atoms with E-state index >= 15 is 0 Å². The molecular formula is C33H36N2O7. The van der Waals surface area contributed by atoms with Crippen molar-refractivity contribution in [2.75, 3.05) is 13.7 Å². The second-order valence-corrected chi connectivity index (χ2v) is 11.1. The molecule has 0 saturated heterocycles. The van der Waals surface area contributed by atoms with Gasteiger partial charge in [0.05, 0.1) is 13.5 Å². The Labute approximate surface area is 245 Å². The van der Waals surface area contributed by atoms with E-state index in [9.17, 15) is 19.2 Å².